The zero-order valence-electron chi connectivity index (χ0n) is 16.0. The summed E-state index contributed by atoms with van der Waals surface area (Å²) in [6.07, 6.45) is 3.59. The number of halogens is 1. The van der Waals surface area contributed by atoms with Crippen molar-refractivity contribution < 1.29 is 8.91 Å². The Morgan fingerprint density at radius 1 is 1.21 bits per heavy atom. The van der Waals surface area contributed by atoms with Gasteiger partial charge in [-0.25, -0.2) is 14.4 Å². The van der Waals surface area contributed by atoms with E-state index in [9.17, 15) is 4.79 Å². The van der Waals surface area contributed by atoms with E-state index in [0.29, 0.717) is 35.4 Å². The lowest BCUT2D eigenvalue weighted by molar-refractivity contribution is 0.0336. The number of aromatic nitrogens is 6. The zero-order valence-corrected chi connectivity index (χ0v) is 16.0. The fourth-order valence-electron chi connectivity index (χ4n) is 3.82. The number of rotatable bonds is 4. The number of hydrogen-bond acceptors (Lipinski definition) is 6. The molecule has 4 aromatic rings. The van der Waals surface area contributed by atoms with Gasteiger partial charge in [0.1, 0.15) is 18.5 Å². The predicted octanol–water partition coefficient (Wildman–Crippen LogP) is 2.61. The fourth-order valence-corrected chi connectivity index (χ4v) is 3.82. The van der Waals surface area contributed by atoms with E-state index in [1.54, 1.807) is 17.9 Å². The van der Waals surface area contributed by atoms with Crippen LogP contribution in [0.3, 0.4) is 0 Å². The highest BCUT2D eigenvalue weighted by molar-refractivity contribution is 5.68. The second-order valence-electron chi connectivity index (χ2n) is 7.69. The Morgan fingerprint density at radius 2 is 1.93 bits per heavy atom. The summed E-state index contributed by atoms with van der Waals surface area (Å²) in [6, 6.07) is 7.50. The first-order valence-corrected chi connectivity index (χ1v) is 9.38. The monoisotopic (exact) mass is 394 g/mol. The molecule has 0 amide bonds. The van der Waals surface area contributed by atoms with Gasteiger partial charge in [0.05, 0.1) is 6.33 Å². The molecule has 1 aromatic carbocycles. The van der Waals surface area contributed by atoms with Crippen molar-refractivity contribution in [3.8, 4) is 0 Å². The summed E-state index contributed by atoms with van der Waals surface area (Å²) in [5, 5.41) is 4.00. The van der Waals surface area contributed by atoms with Gasteiger partial charge in [0.2, 0.25) is 5.89 Å². The summed E-state index contributed by atoms with van der Waals surface area (Å²) >= 11 is 0. The van der Waals surface area contributed by atoms with E-state index in [4.69, 9.17) is 4.52 Å². The van der Waals surface area contributed by atoms with Crippen molar-refractivity contribution in [3.05, 3.63) is 70.1 Å². The summed E-state index contributed by atoms with van der Waals surface area (Å²) in [6.45, 7) is 2.08. The zero-order chi connectivity index (χ0) is 20.2. The molecular formula is C20H19FN6O2. The van der Waals surface area contributed by atoms with E-state index >= 15 is 4.39 Å². The molecular weight excluding hydrogens is 375 g/mol. The summed E-state index contributed by atoms with van der Waals surface area (Å²) in [5.74, 6) is 0.660. The Morgan fingerprint density at radius 3 is 2.69 bits per heavy atom. The van der Waals surface area contributed by atoms with Gasteiger partial charge >= 0.3 is 0 Å². The highest BCUT2D eigenvalue weighted by atomic mass is 19.1. The minimum Gasteiger partial charge on any atom is -0.337 e. The van der Waals surface area contributed by atoms with Crippen LogP contribution in [0.25, 0.3) is 11.2 Å². The third-order valence-electron chi connectivity index (χ3n) is 5.56. The average Bonchev–Trinajstić information content (AvgIpc) is 3.29. The molecule has 0 aliphatic heterocycles. The number of aryl methyl sites for hydroxylation is 2. The van der Waals surface area contributed by atoms with Crippen molar-refractivity contribution in [2.45, 2.75) is 37.9 Å². The molecule has 8 nitrogen and oxygen atoms in total. The van der Waals surface area contributed by atoms with Crippen LogP contribution in [0.4, 0.5) is 4.39 Å². The SMILES string of the molecule is Cc1ccc(C2(F)CC(c3noc(Cn4cnc5ncn(C)c5c4=O)n3)C2)cc1. The number of nitrogens with zero attached hydrogens (tertiary/aromatic N) is 6. The van der Waals surface area contributed by atoms with E-state index in [-0.39, 0.29) is 23.9 Å². The molecule has 1 saturated carbocycles. The van der Waals surface area contributed by atoms with Gasteiger partial charge in [-0.15, -0.1) is 0 Å². The Kier molecular flexibility index (Phi) is 3.87. The minimum absolute atomic E-state index is 0.103. The molecule has 1 fully saturated rings. The highest BCUT2D eigenvalue weighted by Crippen LogP contribution is 2.53. The van der Waals surface area contributed by atoms with E-state index in [2.05, 4.69) is 20.1 Å². The van der Waals surface area contributed by atoms with Crippen molar-refractivity contribution in [2.24, 2.45) is 7.05 Å². The molecule has 0 bridgehead atoms. The molecule has 1 aliphatic rings. The van der Waals surface area contributed by atoms with Crippen molar-refractivity contribution in [1.29, 1.82) is 0 Å². The third-order valence-corrected chi connectivity index (χ3v) is 5.56. The Bertz CT molecular complexity index is 1250. The second-order valence-corrected chi connectivity index (χ2v) is 7.69. The van der Waals surface area contributed by atoms with Crippen molar-refractivity contribution >= 4 is 11.2 Å². The summed E-state index contributed by atoms with van der Waals surface area (Å²) in [4.78, 5) is 25.2. The molecule has 29 heavy (non-hydrogen) atoms. The van der Waals surface area contributed by atoms with Gasteiger partial charge in [-0.1, -0.05) is 35.0 Å². The van der Waals surface area contributed by atoms with E-state index in [0.717, 1.165) is 5.56 Å². The van der Waals surface area contributed by atoms with Gasteiger partial charge in [-0.3, -0.25) is 9.36 Å². The lowest BCUT2D eigenvalue weighted by Gasteiger charge is -2.40. The van der Waals surface area contributed by atoms with Crippen molar-refractivity contribution in [1.82, 2.24) is 29.2 Å². The number of imidazole rings is 1. The van der Waals surface area contributed by atoms with E-state index in [1.807, 2.05) is 31.2 Å². The Labute approximate surface area is 165 Å². The van der Waals surface area contributed by atoms with Gasteiger partial charge in [0.25, 0.3) is 5.56 Å². The predicted molar refractivity (Wildman–Crippen MR) is 102 cm³/mol. The second kappa shape index (κ2) is 6.33. The maximum atomic E-state index is 15.1. The Hall–Kier alpha value is -3.36. The molecule has 0 unspecified atom stereocenters. The maximum absolute atomic E-state index is 15.1. The molecule has 0 radical (unpaired) electrons. The molecule has 148 valence electrons. The highest BCUT2D eigenvalue weighted by Gasteiger charge is 2.48. The minimum atomic E-state index is -1.36. The van der Waals surface area contributed by atoms with Crippen LogP contribution in [-0.4, -0.2) is 29.2 Å². The van der Waals surface area contributed by atoms with Crippen LogP contribution in [0, 0.1) is 6.92 Å². The molecule has 3 aromatic heterocycles. The van der Waals surface area contributed by atoms with Gasteiger partial charge in [0.15, 0.2) is 17.0 Å². The van der Waals surface area contributed by atoms with Crippen LogP contribution in [0.5, 0.6) is 0 Å². The molecule has 1 aliphatic carbocycles. The lowest BCUT2D eigenvalue weighted by Crippen LogP contribution is -2.36. The first-order valence-electron chi connectivity index (χ1n) is 9.38. The quantitative estimate of drug-likeness (QED) is 0.528. The largest absolute Gasteiger partial charge is 0.337 e. The molecule has 5 rings (SSSR count). The van der Waals surface area contributed by atoms with Crippen LogP contribution in [0.2, 0.25) is 0 Å². The van der Waals surface area contributed by atoms with Crippen LogP contribution in [0.1, 0.15) is 41.6 Å². The van der Waals surface area contributed by atoms with Crippen LogP contribution in [0.15, 0.2) is 46.2 Å². The fraction of sp³-hybridized carbons (Fsp3) is 0.350. The molecule has 0 saturated heterocycles. The third kappa shape index (κ3) is 2.93. The average molecular weight is 394 g/mol. The van der Waals surface area contributed by atoms with Crippen molar-refractivity contribution in [3.63, 3.8) is 0 Å². The number of alkyl halides is 1. The summed E-state index contributed by atoms with van der Waals surface area (Å²) in [7, 11) is 1.74. The van der Waals surface area contributed by atoms with Crippen molar-refractivity contribution in [2.75, 3.05) is 0 Å². The molecule has 0 spiro atoms. The first-order chi connectivity index (χ1) is 13.9. The Balaban J connectivity index is 1.32. The van der Waals surface area contributed by atoms with E-state index in [1.165, 1.54) is 10.9 Å². The summed E-state index contributed by atoms with van der Waals surface area (Å²) < 4.78 is 23.4. The van der Waals surface area contributed by atoms with E-state index < -0.39 is 5.67 Å². The molecule has 9 heteroatoms. The van der Waals surface area contributed by atoms with Gasteiger partial charge in [-0.2, -0.15) is 4.98 Å². The van der Waals surface area contributed by atoms with Crippen LogP contribution in [-0.2, 0) is 19.3 Å². The standard InChI is InChI=1S/C20H19FN6O2/c1-12-3-5-14(6-4-12)20(21)7-13(8-20)17-24-15(29-25-17)9-27-11-23-18-16(19(27)28)26(2)10-22-18/h3-6,10-11,13H,7-9H2,1-2H3. The summed E-state index contributed by atoms with van der Waals surface area (Å²) in [5.41, 5.74) is 0.997. The first kappa shape index (κ1) is 17.7. The lowest BCUT2D eigenvalue weighted by atomic mass is 9.68. The van der Waals surface area contributed by atoms with Gasteiger partial charge < -0.3 is 9.09 Å². The number of benzene rings is 1. The van der Waals surface area contributed by atoms with Gasteiger partial charge in [0, 0.05) is 13.0 Å². The molecule has 0 N–H and O–H groups in total. The normalized spacial score (nSPS) is 21.4. The van der Waals surface area contributed by atoms with Gasteiger partial charge in [-0.05, 0) is 25.3 Å². The smallest absolute Gasteiger partial charge is 0.280 e. The van der Waals surface area contributed by atoms with Crippen LogP contribution < -0.4 is 5.56 Å². The molecule has 0 atom stereocenters. The molecule has 3 heterocycles. The number of hydrogen-bond donors (Lipinski definition) is 0. The maximum Gasteiger partial charge on any atom is 0.280 e. The van der Waals surface area contributed by atoms with Crippen LogP contribution >= 0.6 is 0 Å². The topological polar surface area (TPSA) is 91.6 Å². The number of fused-ring (bicyclic) bond motifs is 1.